The van der Waals surface area contributed by atoms with Crippen molar-refractivity contribution in [2.45, 2.75) is 192 Å². The third kappa shape index (κ3) is 7.42. The van der Waals surface area contributed by atoms with Crippen LogP contribution < -0.4 is 0 Å². The van der Waals surface area contributed by atoms with Crippen molar-refractivity contribution in [2.24, 2.45) is 45.3 Å². The van der Waals surface area contributed by atoms with Crippen LogP contribution in [0.4, 0.5) is 0 Å². The van der Waals surface area contributed by atoms with Crippen LogP contribution in [0.25, 0.3) is 0 Å². The van der Waals surface area contributed by atoms with Gasteiger partial charge in [0.05, 0.1) is 31.0 Å². The minimum atomic E-state index is -1.75. The molecule has 4 aliphatic carbocycles. The first-order valence-electron chi connectivity index (χ1n) is 20.9. The first-order valence-corrected chi connectivity index (χ1v) is 20.9. The highest BCUT2D eigenvalue weighted by Crippen LogP contribution is 2.75. The Morgan fingerprint density at radius 2 is 1.33 bits per heavy atom. The van der Waals surface area contributed by atoms with Crippen LogP contribution in [0.3, 0.4) is 0 Å². The number of aliphatic hydroxyl groups excluding tert-OH is 8. The maximum absolute atomic E-state index is 12.2. The summed E-state index contributed by atoms with van der Waals surface area (Å²) in [5, 5.41) is 95.7. The van der Waals surface area contributed by atoms with Crippen molar-refractivity contribution in [1.29, 1.82) is 0 Å². The van der Waals surface area contributed by atoms with E-state index in [4.69, 9.17) is 18.9 Å². The van der Waals surface area contributed by atoms with Crippen molar-refractivity contribution in [3.05, 3.63) is 11.6 Å². The molecule has 6 rings (SSSR count). The SMILES string of the molecule is C/C(=C\CCC(C)(C)O)[C@H]1CC[C@]2(C)[C@@H]1C(O)C[C@@H]1[C@@]3(C)CCC(O[C@@H]4O[C@H](CO)[C@@H](O)[C@H](O)[C@H]4O[C@@H]4O[C@H](CO)[C@@H](O)[C@H](O)[C@H]4O)C(C)(C)[C@@H]3CC[C@]12C. The monoisotopic (exact) mass is 784 g/mol. The summed E-state index contributed by atoms with van der Waals surface area (Å²) in [5.74, 6) is 0.973. The Morgan fingerprint density at radius 3 is 1.95 bits per heavy atom. The van der Waals surface area contributed by atoms with Gasteiger partial charge in [0.15, 0.2) is 12.6 Å². The molecule has 19 atom stereocenters. The highest BCUT2D eigenvalue weighted by atomic mass is 16.8. The third-order valence-corrected chi connectivity index (χ3v) is 16.4. The van der Waals surface area contributed by atoms with Gasteiger partial charge in [-0.05, 0) is 124 Å². The van der Waals surface area contributed by atoms with Gasteiger partial charge in [-0.15, -0.1) is 0 Å². The van der Waals surface area contributed by atoms with Crippen LogP contribution in [0.15, 0.2) is 11.6 Å². The summed E-state index contributed by atoms with van der Waals surface area (Å²) in [4.78, 5) is 0. The van der Waals surface area contributed by atoms with Crippen LogP contribution in [0.2, 0.25) is 0 Å². The maximum atomic E-state index is 12.2. The van der Waals surface area contributed by atoms with E-state index in [-0.39, 0.29) is 34.0 Å². The summed E-state index contributed by atoms with van der Waals surface area (Å²) in [6, 6.07) is 0. The van der Waals surface area contributed by atoms with E-state index in [2.05, 4.69) is 47.6 Å². The van der Waals surface area contributed by atoms with Crippen molar-refractivity contribution in [3.8, 4) is 0 Å². The fourth-order valence-electron chi connectivity index (χ4n) is 13.1. The second kappa shape index (κ2) is 15.7. The Bertz CT molecular complexity index is 1370. The fourth-order valence-corrected chi connectivity index (χ4v) is 13.1. The molecule has 0 radical (unpaired) electrons. The van der Waals surface area contributed by atoms with E-state index in [1.807, 2.05) is 13.8 Å². The van der Waals surface area contributed by atoms with Gasteiger partial charge in [0.1, 0.15) is 48.8 Å². The molecule has 0 aromatic carbocycles. The minimum absolute atomic E-state index is 0.0133. The number of allylic oxidation sites excluding steroid dienone is 2. The molecule has 6 fully saturated rings. The van der Waals surface area contributed by atoms with E-state index in [1.54, 1.807) is 0 Å². The van der Waals surface area contributed by atoms with E-state index < -0.39 is 97.8 Å². The zero-order chi connectivity index (χ0) is 40.6. The molecule has 4 saturated carbocycles. The van der Waals surface area contributed by atoms with E-state index in [0.717, 1.165) is 44.9 Å². The summed E-state index contributed by atoms with van der Waals surface area (Å²) in [6.07, 6.45) is -5.75. The summed E-state index contributed by atoms with van der Waals surface area (Å²) < 4.78 is 24.4. The molecule has 0 bridgehead atoms. The maximum Gasteiger partial charge on any atom is 0.187 e. The van der Waals surface area contributed by atoms with Crippen LogP contribution in [0.5, 0.6) is 0 Å². The Labute approximate surface area is 327 Å². The lowest BCUT2D eigenvalue weighted by Gasteiger charge is -2.70. The predicted octanol–water partition coefficient (Wildman–Crippen LogP) is 2.15. The zero-order valence-electron chi connectivity index (χ0n) is 34.3. The molecular weight excluding hydrogens is 712 g/mol. The highest BCUT2D eigenvalue weighted by Gasteiger charge is 2.70. The normalized spacial score (nSPS) is 51.6. The number of fused-ring (bicyclic) bond motifs is 5. The molecule has 0 spiro atoms. The molecule has 13 heteroatoms. The lowest BCUT2D eigenvalue weighted by Crippen LogP contribution is -2.67. The fraction of sp³-hybridized carbons (Fsp3) is 0.952. The Hall–Kier alpha value is -0.780. The molecule has 2 heterocycles. The average molecular weight is 785 g/mol. The molecule has 0 amide bonds. The van der Waals surface area contributed by atoms with Crippen molar-refractivity contribution in [2.75, 3.05) is 13.2 Å². The number of aliphatic hydroxyl groups is 9. The second-order valence-corrected chi connectivity index (χ2v) is 20.2. The van der Waals surface area contributed by atoms with Gasteiger partial charge in [0, 0.05) is 0 Å². The quantitative estimate of drug-likeness (QED) is 0.115. The summed E-state index contributed by atoms with van der Waals surface area (Å²) in [5.41, 5.74) is 0.0670. The van der Waals surface area contributed by atoms with Crippen LogP contribution in [0.1, 0.15) is 113 Å². The molecule has 2 unspecified atom stereocenters. The molecule has 0 aromatic heterocycles. The minimum Gasteiger partial charge on any atom is -0.394 e. The largest absolute Gasteiger partial charge is 0.394 e. The number of ether oxygens (including phenoxy) is 4. The Morgan fingerprint density at radius 1 is 0.727 bits per heavy atom. The highest BCUT2D eigenvalue weighted by molar-refractivity contribution is 5.22. The lowest BCUT2D eigenvalue weighted by atomic mass is 9.35. The molecule has 2 saturated heterocycles. The van der Waals surface area contributed by atoms with Gasteiger partial charge in [0.25, 0.3) is 0 Å². The Balaban J connectivity index is 1.22. The van der Waals surface area contributed by atoms with Crippen LogP contribution in [0, 0.1) is 45.3 Å². The van der Waals surface area contributed by atoms with Gasteiger partial charge in [-0.1, -0.05) is 46.3 Å². The van der Waals surface area contributed by atoms with Crippen molar-refractivity contribution in [1.82, 2.24) is 0 Å². The Kier molecular flexibility index (Phi) is 12.5. The molecular formula is C42H72O13. The van der Waals surface area contributed by atoms with E-state index in [1.165, 1.54) is 5.57 Å². The first kappa shape index (κ1) is 43.8. The van der Waals surface area contributed by atoms with Crippen LogP contribution >= 0.6 is 0 Å². The number of hydrogen-bond acceptors (Lipinski definition) is 13. The van der Waals surface area contributed by atoms with E-state index in [9.17, 15) is 46.0 Å². The lowest BCUT2D eigenvalue weighted by molar-refractivity contribution is -0.378. The predicted molar refractivity (Wildman–Crippen MR) is 201 cm³/mol. The molecule has 13 nitrogen and oxygen atoms in total. The molecule has 6 aliphatic rings. The number of rotatable bonds is 10. The van der Waals surface area contributed by atoms with Crippen molar-refractivity contribution >= 4 is 0 Å². The third-order valence-electron chi connectivity index (χ3n) is 16.4. The van der Waals surface area contributed by atoms with Crippen LogP contribution in [-0.2, 0) is 18.9 Å². The van der Waals surface area contributed by atoms with Crippen molar-refractivity contribution in [3.63, 3.8) is 0 Å². The summed E-state index contributed by atoms with van der Waals surface area (Å²) >= 11 is 0. The second-order valence-electron chi connectivity index (χ2n) is 20.2. The molecule has 318 valence electrons. The standard InChI is InChI=1S/C42H72O13/c1-21(10-9-14-38(2,3)51)22-11-16-42(8)29(22)23(45)18-27-40(6)15-13-28(39(4,5)26(40)12-17-41(27,42)7)54-37-35(33(49)31(47)25(20-44)53-37)55-36-34(50)32(48)30(46)24(19-43)52-36/h10,22-37,43-51H,9,11-20H2,1-8H3/b21-10+/t22-,23?,24-,25-,26+,27-,28?,29+,30-,31-,32+,33+,34-,35-,36+,37+,40+,41-,42-/m1/s1. The molecule has 2 aliphatic heterocycles. The van der Waals surface area contributed by atoms with Gasteiger partial charge in [-0.3, -0.25) is 0 Å². The number of hydrogen-bond donors (Lipinski definition) is 9. The smallest absolute Gasteiger partial charge is 0.187 e. The van der Waals surface area contributed by atoms with Gasteiger partial charge >= 0.3 is 0 Å². The summed E-state index contributed by atoms with van der Waals surface area (Å²) in [6.45, 7) is 16.4. The van der Waals surface area contributed by atoms with Gasteiger partial charge in [-0.25, -0.2) is 0 Å². The molecule has 9 N–H and O–H groups in total. The van der Waals surface area contributed by atoms with E-state index in [0.29, 0.717) is 18.8 Å². The van der Waals surface area contributed by atoms with Crippen LogP contribution in [-0.4, -0.2) is 138 Å². The molecule has 55 heavy (non-hydrogen) atoms. The summed E-state index contributed by atoms with van der Waals surface area (Å²) in [7, 11) is 0. The van der Waals surface area contributed by atoms with Crippen molar-refractivity contribution < 1.29 is 64.9 Å². The topological polar surface area (TPSA) is 219 Å². The van der Waals surface area contributed by atoms with Gasteiger partial charge in [-0.2, -0.15) is 0 Å². The average Bonchev–Trinajstić information content (AvgIpc) is 3.49. The molecule has 0 aromatic rings. The van der Waals surface area contributed by atoms with Gasteiger partial charge < -0.3 is 64.9 Å². The zero-order valence-corrected chi connectivity index (χ0v) is 34.3. The first-order chi connectivity index (χ1) is 25.6. The van der Waals surface area contributed by atoms with E-state index >= 15 is 0 Å². The van der Waals surface area contributed by atoms with Gasteiger partial charge in [0.2, 0.25) is 0 Å².